The molecule has 0 atom stereocenters. The van der Waals surface area contributed by atoms with Gasteiger partial charge < -0.3 is 10.6 Å². The lowest BCUT2D eigenvalue weighted by Gasteiger charge is -2.11. The number of primary sulfonamides is 1. The normalized spacial score (nSPS) is 12.0. The molecule has 0 aliphatic carbocycles. The van der Waals surface area contributed by atoms with Crippen molar-refractivity contribution in [2.45, 2.75) is 24.9 Å². The van der Waals surface area contributed by atoms with Crippen molar-refractivity contribution in [2.75, 3.05) is 6.54 Å². The van der Waals surface area contributed by atoms with Gasteiger partial charge in [-0.1, -0.05) is 18.2 Å². The Kier molecular flexibility index (Phi) is 6.28. The third kappa shape index (κ3) is 5.64. The van der Waals surface area contributed by atoms with E-state index in [0.717, 1.165) is 11.3 Å². The molecule has 8 heteroatoms. The number of sulfonamides is 1. The van der Waals surface area contributed by atoms with E-state index in [4.69, 9.17) is 5.14 Å². The first-order valence-corrected chi connectivity index (χ1v) is 9.07. The number of nitrogens with two attached hydrogens (primary N) is 1. The van der Waals surface area contributed by atoms with E-state index in [9.17, 15) is 8.42 Å². The Labute approximate surface area is 142 Å². The second kappa shape index (κ2) is 8.42. The standard InChI is InChI=1S/C16H21N5O2S/c1-2-18-16(21-12-14-7-3-4-9-19-14)20-11-13-6-5-8-15(10-13)24(17,22)23/h3-10H,2,11-12H2,1H3,(H2,17,22,23)(H2,18,20,21). The summed E-state index contributed by atoms with van der Waals surface area (Å²) in [6.45, 7) is 3.57. The van der Waals surface area contributed by atoms with Crippen molar-refractivity contribution in [3.63, 3.8) is 0 Å². The minimum absolute atomic E-state index is 0.0849. The molecular weight excluding hydrogens is 326 g/mol. The number of rotatable bonds is 6. The lowest BCUT2D eigenvalue weighted by atomic mass is 10.2. The average molecular weight is 347 g/mol. The maximum absolute atomic E-state index is 11.4. The number of guanidine groups is 1. The SMILES string of the molecule is CCNC(=NCc1cccc(S(N)(=O)=O)c1)NCc1ccccn1. The summed E-state index contributed by atoms with van der Waals surface area (Å²) < 4.78 is 22.8. The molecule has 0 aliphatic heterocycles. The lowest BCUT2D eigenvalue weighted by molar-refractivity contribution is 0.597. The number of nitrogens with zero attached hydrogens (tertiary/aromatic N) is 2. The zero-order valence-electron chi connectivity index (χ0n) is 13.4. The monoisotopic (exact) mass is 347 g/mol. The number of nitrogens with one attached hydrogen (secondary N) is 2. The van der Waals surface area contributed by atoms with Gasteiger partial charge in [0.05, 0.1) is 23.7 Å². The molecule has 24 heavy (non-hydrogen) atoms. The van der Waals surface area contributed by atoms with Gasteiger partial charge in [0.15, 0.2) is 5.96 Å². The van der Waals surface area contributed by atoms with Crippen LogP contribution in [0.2, 0.25) is 0 Å². The fourth-order valence-corrected chi connectivity index (χ4v) is 2.59. The summed E-state index contributed by atoms with van der Waals surface area (Å²) in [6.07, 6.45) is 1.74. The smallest absolute Gasteiger partial charge is 0.238 e. The van der Waals surface area contributed by atoms with Crippen LogP contribution in [0.4, 0.5) is 0 Å². The van der Waals surface area contributed by atoms with Crippen LogP contribution < -0.4 is 15.8 Å². The molecule has 0 radical (unpaired) electrons. The first kappa shape index (κ1) is 17.9. The molecular formula is C16H21N5O2S. The molecule has 0 amide bonds. The molecule has 1 aromatic carbocycles. The van der Waals surface area contributed by atoms with Crippen LogP contribution in [-0.4, -0.2) is 25.9 Å². The Morgan fingerprint density at radius 1 is 1.21 bits per heavy atom. The van der Waals surface area contributed by atoms with E-state index in [-0.39, 0.29) is 4.90 Å². The Hall–Kier alpha value is -2.45. The van der Waals surface area contributed by atoms with E-state index in [1.807, 2.05) is 25.1 Å². The van der Waals surface area contributed by atoms with Gasteiger partial charge in [-0.15, -0.1) is 0 Å². The van der Waals surface area contributed by atoms with Gasteiger partial charge in [0, 0.05) is 12.7 Å². The summed E-state index contributed by atoms with van der Waals surface area (Å²) in [5.41, 5.74) is 1.66. The third-order valence-corrected chi connectivity index (χ3v) is 4.07. The van der Waals surface area contributed by atoms with Gasteiger partial charge in [0.1, 0.15) is 0 Å². The van der Waals surface area contributed by atoms with Crippen molar-refractivity contribution >= 4 is 16.0 Å². The Morgan fingerprint density at radius 3 is 2.71 bits per heavy atom. The van der Waals surface area contributed by atoms with Gasteiger partial charge >= 0.3 is 0 Å². The van der Waals surface area contributed by atoms with Crippen LogP contribution in [0.25, 0.3) is 0 Å². The molecule has 2 rings (SSSR count). The summed E-state index contributed by atoms with van der Waals surface area (Å²) in [4.78, 5) is 8.78. The number of aliphatic imine (C=N–C) groups is 1. The fourth-order valence-electron chi connectivity index (χ4n) is 2.01. The van der Waals surface area contributed by atoms with Crippen LogP contribution in [0.5, 0.6) is 0 Å². The lowest BCUT2D eigenvalue weighted by Crippen LogP contribution is -2.37. The van der Waals surface area contributed by atoms with Gasteiger partial charge in [-0.25, -0.2) is 18.5 Å². The van der Waals surface area contributed by atoms with Crippen molar-refractivity contribution in [1.29, 1.82) is 0 Å². The highest BCUT2D eigenvalue weighted by molar-refractivity contribution is 7.89. The summed E-state index contributed by atoms with van der Waals surface area (Å²) in [6, 6.07) is 12.2. The zero-order valence-corrected chi connectivity index (χ0v) is 14.3. The molecule has 7 nitrogen and oxygen atoms in total. The molecule has 128 valence electrons. The number of hydrogen-bond acceptors (Lipinski definition) is 4. The highest BCUT2D eigenvalue weighted by Crippen LogP contribution is 2.10. The van der Waals surface area contributed by atoms with E-state index < -0.39 is 10.0 Å². The summed E-state index contributed by atoms with van der Waals surface area (Å²) in [5, 5.41) is 11.5. The highest BCUT2D eigenvalue weighted by atomic mass is 32.2. The molecule has 2 aromatic rings. The zero-order chi connectivity index (χ0) is 17.4. The maximum Gasteiger partial charge on any atom is 0.238 e. The molecule has 0 saturated heterocycles. The number of aromatic nitrogens is 1. The molecule has 4 N–H and O–H groups in total. The largest absolute Gasteiger partial charge is 0.357 e. The van der Waals surface area contributed by atoms with Crippen LogP contribution in [0.1, 0.15) is 18.2 Å². The minimum Gasteiger partial charge on any atom is -0.357 e. The summed E-state index contributed by atoms with van der Waals surface area (Å²) in [7, 11) is -3.71. The van der Waals surface area contributed by atoms with Gasteiger partial charge in [-0.05, 0) is 36.8 Å². The van der Waals surface area contributed by atoms with Gasteiger partial charge in [-0.3, -0.25) is 4.98 Å². The van der Waals surface area contributed by atoms with E-state index in [1.165, 1.54) is 12.1 Å². The van der Waals surface area contributed by atoms with E-state index in [1.54, 1.807) is 18.3 Å². The number of hydrogen-bond donors (Lipinski definition) is 3. The minimum atomic E-state index is -3.71. The first-order valence-electron chi connectivity index (χ1n) is 7.53. The van der Waals surface area contributed by atoms with Gasteiger partial charge in [0.25, 0.3) is 0 Å². The summed E-state index contributed by atoms with van der Waals surface area (Å²) >= 11 is 0. The highest BCUT2D eigenvalue weighted by Gasteiger charge is 2.07. The number of pyridine rings is 1. The van der Waals surface area contributed by atoms with E-state index in [0.29, 0.717) is 25.6 Å². The molecule has 0 fully saturated rings. The van der Waals surface area contributed by atoms with Crippen molar-refractivity contribution < 1.29 is 8.42 Å². The third-order valence-electron chi connectivity index (χ3n) is 3.15. The maximum atomic E-state index is 11.4. The van der Waals surface area contributed by atoms with Crippen LogP contribution in [0, 0.1) is 0 Å². The van der Waals surface area contributed by atoms with Gasteiger partial charge in [-0.2, -0.15) is 0 Å². The van der Waals surface area contributed by atoms with Crippen molar-refractivity contribution in [3.05, 3.63) is 59.9 Å². The molecule has 0 unspecified atom stereocenters. The van der Waals surface area contributed by atoms with E-state index >= 15 is 0 Å². The van der Waals surface area contributed by atoms with Crippen LogP contribution in [0.3, 0.4) is 0 Å². The fraction of sp³-hybridized carbons (Fsp3) is 0.250. The molecule has 0 aliphatic rings. The predicted octanol–water partition coefficient (Wildman–Crippen LogP) is 0.984. The second-order valence-electron chi connectivity index (χ2n) is 5.06. The van der Waals surface area contributed by atoms with Crippen LogP contribution in [-0.2, 0) is 23.1 Å². The van der Waals surface area contributed by atoms with Crippen LogP contribution in [0.15, 0.2) is 58.5 Å². The van der Waals surface area contributed by atoms with Crippen molar-refractivity contribution in [2.24, 2.45) is 10.1 Å². The molecule has 0 bridgehead atoms. The predicted molar refractivity (Wildman–Crippen MR) is 93.7 cm³/mol. The van der Waals surface area contributed by atoms with Crippen molar-refractivity contribution in [3.8, 4) is 0 Å². The van der Waals surface area contributed by atoms with Crippen LogP contribution >= 0.6 is 0 Å². The molecule has 1 aromatic heterocycles. The summed E-state index contributed by atoms with van der Waals surface area (Å²) in [5.74, 6) is 0.629. The second-order valence-corrected chi connectivity index (χ2v) is 6.62. The molecule has 0 spiro atoms. The number of benzene rings is 1. The first-order chi connectivity index (χ1) is 11.5. The van der Waals surface area contributed by atoms with Crippen molar-refractivity contribution in [1.82, 2.24) is 15.6 Å². The topological polar surface area (TPSA) is 109 Å². The Bertz CT molecular complexity index is 791. The van der Waals surface area contributed by atoms with E-state index in [2.05, 4.69) is 20.6 Å². The molecule has 1 heterocycles. The Morgan fingerprint density at radius 2 is 2.04 bits per heavy atom. The van der Waals surface area contributed by atoms with Gasteiger partial charge in [0.2, 0.25) is 10.0 Å². The Balaban J connectivity index is 2.05. The average Bonchev–Trinajstić information content (AvgIpc) is 2.58. The quantitative estimate of drug-likeness (QED) is 0.533. The molecule has 0 saturated carbocycles.